The van der Waals surface area contributed by atoms with Gasteiger partial charge in [-0.1, -0.05) is 109 Å². The molecule has 202 valence electrons. The summed E-state index contributed by atoms with van der Waals surface area (Å²) in [4.78, 5) is 10.2. The molecule has 1 aliphatic rings. The number of rotatable bonds is 3. The lowest BCUT2D eigenvalue weighted by Gasteiger charge is -2.21. The minimum Gasteiger partial charge on any atom is -0.298 e. The number of nitrogens with zero attached hydrogens (tertiary/aromatic N) is 3. The van der Waals surface area contributed by atoms with Gasteiger partial charge in [-0.3, -0.25) is 4.40 Å². The van der Waals surface area contributed by atoms with E-state index in [0.717, 1.165) is 45.3 Å². The second-order valence-corrected chi connectivity index (χ2v) is 11.5. The highest BCUT2D eigenvalue weighted by molar-refractivity contribution is 6.09. The largest absolute Gasteiger partial charge is 0.298 e. The molecule has 43 heavy (non-hydrogen) atoms. The quantitative estimate of drug-likeness (QED) is 0.220. The van der Waals surface area contributed by atoms with E-state index in [-0.39, 0.29) is 0 Å². The Morgan fingerprint density at radius 3 is 2.44 bits per heavy atom. The molecule has 0 bridgehead atoms. The van der Waals surface area contributed by atoms with Crippen LogP contribution in [0.2, 0.25) is 0 Å². The van der Waals surface area contributed by atoms with Crippen molar-refractivity contribution in [3.8, 4) is 22.4 Å². The van der Waals surface area contributed by atoms with Crippen molar-refractivity contribution >= 4 is 44.4 Å². The summed E-state index contributed by atoms with van der Waals surface area (Å²) in [7, 11) is 0. The van der Waals surface area contributed by atoms with E-state index in [0.29, 0.717) is 5.92 Å². The summed E-state index contributed by atoms with van der Waals surface area (Å²) in [5.74, 6) is 0.387. The van der Waals surface area contributed by atoms with E-state index in [9.17, 15) is 0 Å². The summed E-state index contributed by atoms with van der Waals surface area (Å²) < 4.78 is 2.16. The Morgan fingerprint density at radius 1 is 0.628 bits per heavy atom. The second kappa shape index (κ2) is 9.50. The lowest BCUT2D eigenvalue weighted by atomic mass is 9.83. The zero-order valence-corrected chi connectivity index (χ0v) is 23.5. The van der Waals surface area contributed by atoms with Crippen molar-refractivity contribution in [3.63, 3.8) is 0 Å². The summed E-state index contributed by atoms with van der Waals surface area (Å²) in [6.45, 7) is 0. The van der Waals surface area contributed by atoms with Crippen LogP contribution in [-0.2, 0) is 6.42 Å². The maximum Gasteiger partial charge on any atom is 0.137 e. The smallest absolute Gasteiger partial charge is 0.137 e. The maximum absolute atomic E-state index is 5.18. The van der Waals surface area contributed by atoms with Crippen LogP contribution in [0.1, 0.15) is 22.6 Å². The van der Waals surface area contributed by atoms with Gasteiger partial charge < -0.3 is 0 Å². The van der Waals surface area contributed by atoms with Crippen molar-refractivity contribution in [2.24, 2.45) is 0 Å². The Labute approximate surface area is 249 Å². The van der Waals surface area contributed by atoms with E-state index in [2.05, 4.69) is 138 Å². The maximum atomic E-state index is 5.18. The average Bonchev–Trinajstić information content (AvgIpc) is 3.47. The first-order valence-electron chi connectivity index (χ1n) is 14.8. The third kappa shape index (κ3) is 3.97. The summed E-state index contributed by atoms with van der Waals surface area (Å²) in [6, 6.07) is 45.6. The van der Waals surface area contributed by atoms with Gasteiger partial charge >= 0.3 is 0 Å². The van der Waals surface area contributed by atoms with Crippen molar-refractivity contribution in [1.29, 1.82) is 0 Å². The molecule has 0 radical (unpaired) electrons. The molecule has 3 heterocycles. The van der Waals surface area contributed by atoms with Crippen molar-refractivity contribution in [3.05, 3.63) is 156 Å². The fourth-order valence-corrected chi connectivity index (χ4v) is 6.71. The normalized spacial score (nSPS) is 14.6. The molecule has 8 aromatic rings. The molecule has 9 rings (SSSR count). The van der Waals surface area contributed by atoms with Crippen LogP contribution in [0.15, 0.2) is 140 Å². The molecule has 3 nitrogen and oxygen atoms in total. The van der Waals surface area contributed by atoms with Crippen LogP contribution in [-0.4, -0.2) is 14.4 Å². The fraction of sp³-hybridized carbons (Fsp3) is 0.0500. The molecule has 1 unspecified atom stereocenters. The number of allylic oxidation sites excluding steroid dienone is 1. The van der Waals surface area contributed by atoms with Crippen molar-refractivity contribution in [1.82, 2.24) is 14.4 Å². The molecule has 1 aliphatic carbocycles. The summed E-state index contributed by atoms with van der Waals surface area (Å²) in [5, 5.41) is 3.67. The van der Waals surface area contributed by atoms with Crippen molar-refractivity contribution in [2.75, 3.05) is 0 Å². The molecule has 0 saturated carbocycles. The number of para-hydroxylation sites is 1. The van der Waals surface area contributed by atoms with Gasteiger partial charge in [0.25, 0.3) is 0 Å². The third-order valence-electron chi connectivity index (χ3n) is 8.91. The molecule has 0 spiro atoms. The zero-order valence-electron chi connectivity index (χ0n) is 23.5. The van der Waals surface area contributed by atoms with Gasteiger partial charge in [0.05, 0.1) is 16.7 Å². The molecule has 0 aliphatic heterocycles. The van der Waals surface area contributed by atoms with Crippen LogP contribution in [0.25, 0.3) is 66.8 Å². The predicted molar refractivity (Wildman–Crippen MR) is 178 cm³/mol. The summed E-state index contributed by atoms with van der Waals surface area (Å²) in [5.41, 5.74) is 12.4. The van der Waals surface area contributed by atoms with E-state index >= 15 is 0 Å². The number of benzene rings is 5. The average molecular weight is 550 g/mol. The molecule has 3 aromatic heterocycles. The Kier molecular flexibility index (Phi) is 5.32. The lowest BCUT2D eigenvalue weighted by Crippen LogP contribution is -2.06. The van der Waals surface area contributed by atoms with Gasteiger partial charge in [0.2, 0.25) is 0 Å². The van der Waals surface area contributed by atoms with E-state index in [1.807, 2.05) is 12.1 Å². The fourth-order valence-electron chi connectivity index (χ4n) is 6.71. The van der Waals surface area contributed by atoms with E-state index in [1.54, 1.807) is 0 Å². The van der Waals surface area contributed by atoms with Crippen molar-refractivity contribution < 1.29 is 0 Å². The van der Waals surface area contributed by atoms with Crippen LogP contribution in [0.4, 0.5) is 0 Å². The molecule has 0 saturated heterocycles. The molecule has 0 N–H and O–H groups in total. The number of aromatic nitrogens is 3. The minimum absolute atomic E-state index is 0.387. The Hall–Kier alpha value is -5.54. The van der Waals surface area contributed by atoms with Gasteiger partial charge in [-0.2, -0.15) is 0 Å². The first-order valence-corrected chi connectivity index (χ1v) is 14.8. The number of hydrogen-bond donors (Lipinski definition) is 0. The number of imidazole rings is 1. The number of pyridine rings is 2. The molecular weight excluding hydrogens is 522 g/mol. The Balaban J connectivity index is 1.11. The molecule has 3 heteroatoms. The number of hydrogen-bond acceptors (Lipinski definition) is 2. The highest BCUT2D eigenvalue weighted by Gasteiger charge is 2.19. The Bertz CT molecular complexity index is 2390. The highest BCUT2D eigenvalue weighted by atomic mass is 15.0. The van der Waals surface area contributed by atoms with Crippen LogP contribution in [0, 0.1) is 0 Å². The van der Waals surface area contributed by atoms with Gasteiger partial charge in [-0.25, -0.2) is 9.97 Å². The van der Waals surface area contributed by atoms with Crippen LogP contribution in [0.5, 0.6) is 0 Å². The number of fused-ring (bicyclic) bond motifs is 7. The van der Waals surface area contributed by atoms with Gasteiger partial charge in [-0.15, -0.1) is 0 Å². The van der Waals surface area contributed by atoms with Gasteiger partial charge in [0, 0.05) is 23.1 Å². The molecule has 0 fully saturated rings. The third-order valence-corrected chi connectivity index (χ3v) is 8.91. The van der Waals surface area contributed by atoms with Crippen LogP contribution in [0.3, 0.4) is 0 Å². The van der Waals surface area contributed by atoms with Crippen LogP contribution < -0.4 is 0 Å². The van der Waals surface area contributed by atoms with E-state index < -0.39 is 0 Å². The molecule has 1 atom stereocenters. The van der Waals surface area contributed by atoms with Gasteiger partial charge in [0.1, 0.15) is 11.2 Å². The SMILES string of the molecule is C1=CC(c2ccc3ccccc3c2)Cc2ccc(-c3cccc(-c4nc5ccccc5c5nc6ccccn6c45)c3)cc21. The van der Waals surface area contributed by atoms with E-state index in [4.69, 9.17) is 9.97 Å². The van der Waals surface area contributed by atoms with Gasteiger partial charge in [0.15, 0.2) is 0 Å². The molecule has 0 amide bonds. The molecular formula is C40H27N3. The molecule has 5 aromatic carbocycles. The predicted octanol–water partition coefficient (Wildman–Crippen LogP) is 9.88. The highest BCUT2D eigenvalue weighted by Crippen LogP contribution is 2.37. The van der Waals surface area contributed by atoms with Crippen LogP contribution >= 0.6 is 0 Å². The lowest BCUT2D eigenvalue weighted by molar-refractivity contribution is 0.828. The first kappa shape index (κ1) is 24.1. The zero-order chi connectivity index (χ0) is 28.3. The summed E-state index contributed by atoms with van der Waals surface area (Å²) >= 11 is 0. The van der Waals surface area contributed by atoms with E-state index in [1.165, 1.54) is 38.6 Å². The topological polar surface area (TPSA) is 30.2 Å². The van der Waals surface area contributed by atoms with Gasteiger partial charge in [-0.05, 0) is 75.3 Å². The first-order chi connectivity index (χ1) is 21.3. The minimum atomic E-state index is 0.387. The monoisotopic (exact) mass is 549 g/mol. The standard InChI is InChI=1S/C40H27N3/c1-2-9-27-22-30(16-15-26(27)8-1)32-20-19-31-23-29(17-18-33(31)24-32)28-10-7-11-34(25-28)38-40-39(35-12-3-4-13-36(35)41-38)42-37-14-5-6-21-43(37)40/h1-23,25,32H,24H2. The second-order valence-electron chi connectivity index (χ2n) is 11.5. The summed E-state index contributed by atoms with van der Waals surface area (Å²) in [6.07, 6.45) is 7.76. The van der Waals surface area contributed by atoms with Crippen molar-refractivity contribution in [2.45, 2.75) is 12.3 Å². The Morgan fingerprint density at radius 2 is 1.47 bits per heavy atom.